The Hall–Kier alpha value is -0.840. The highest BCUT2D eigenvalue weighted by molar-refractivity contribution is 6.36. The van der Waals surface area contributed by atoms with Gasteiger partial charge in [0.2, 0.25) is 0 Å². The summed E-state index contributed by atoms with van der Waals surface area (Å²) in [5.74, 6) is -1.06. The Bertz CT molecular complexity index is 481. The van der Waals surface area contributed by atoms with E-state index in [0.717, 1.165) is 12.5 Å². The van der Waals surface area contributed by atoms with Crippen LogP contribution in [0.1, 0.15) is 23.2 Å². The number of halogens is 3. The van der Waals surface area contributed by atoms with Crippen LogP contribution in [0, 0.1) is 5.82 Å². The molecule has 1 aliphatic heterocycles. The fraction of sp³-hybridized carbons (Fsp3) is 0.417. The zero-order valence-electron chi connectivity index (χ0n) is 9.50. The Morgan fingerprint density at radius 1 is 1.39 bits per heavy atom. The number of hydrogen-bond acceptors (Lipinski definition) is 2. The molecule has 6 heteroatoms. The molecule has 1 amide bonds. The van der Waals surface area contributed by atoms with Gasteiger partial charge in [-0.1, -0.05) is 23.2 Å². The van der Waals surface area contributed by atoms with Crippen LogP contribution in [0.2, 0.25) is 10.0 Å². The number of amides is 1. The molecule has 0 radical (unpaired) electrons. The molecule has 1 atom stereocenters. The molecule has 0 spiro atoms. The maximum Gasteiger partial charge on any atom is 0.255 e. The van der Waals surface area contributed by atoms with Crippen LogP contribution in [0.25, 0.3) is 0 Å². The third-order valence-electron chi connectivity index (χ3n) is 2.92. The fourth-order valence-corrected chi connectivity index (χ4v) is 2.46. The third kappa shape index (κ3) is 2.76. The van der Waals surface area contributed by atoms with Gasteiger partial charge in [0.1, 0.15) is 5.82 Å². The molecule has 18 heavy (non-hydrogen) atoms. The lowest BCUT2D eigenvalue weighted by Crippen LogP contribution is -2.42. The first kappa shape index (κ1) is 13.6. The lowest BCUT2D eigenvalue weighted by Gasteiger charge is -2.30. The van der Waals surface area contributed by atoms with Crippen LogP contribution in [-0.2, 0) is 0 Å². The molecular formula is C12H12Cl2FNO2. The highest BCUT2D eigenvalue weighted by Gasteiger charge is 2.25. The number of piperidine rings is 1. The molecule has 1 saturated heterocycles. The molecule has 1 heterocycles. The molecule has 3 nitrogen and oxygen atoms in total. The number of carbonyl (C=O) groups excluding carboxylic acids is 1. The van der Waals surface area contributed by atoms with Crippen molar-refractivity contribution in [3.63, 3.8) is 0 Å². The standard InChI is InChI=1S/C12H12Cl2FNO2/c13-9-5-10(14)11(15)4-8(9)12(18)16-3-1-2-7(17)6-16/h4-5,7,17H,1-3,6H2. The van der Waals surface area contributed by atoms with Gasteiger partial charge in [-0.25, -0.2) is 4.39 Å². The summed E-state index contributed by atoms with van der Waals surface area (Å²) < 4.78 is 13.4. The molecule has 1 N–H and O–H groups in total. The van der Waals surface area contributed by atoms with Gasteiger partial charge in [-0.15, -0.1) is 0 Å². The zero-order valence-corrected chi connectivity index (χ0v) is 11.0. The lowest BCUT2D eigenvalue weighted by molar-refractivity contribution is 0.0473. The van der Waals surface area contributed by atoms with E-state index in [9.17, 15) is 14.3 Å². The van der Waals surface area contributed by atoms with Crippen molar-refractivity contribution in [2.75, 3.05) is 13.1 Å². The van der Waals surface area contributed by atoms with Crippen LogP contribution in [0.4, 0.5) is 4.39 Å². The Kier molecular flexibility index (Phi) is 4.10. The summed E-state index contributed by atoms with van der Waals surface area (Å²) in [6.07, 6.45) is 0.867. The van der Waals surface area contributed by atoms with Crippen LogP contribution in [-0.4, -0.2) is 35.1 Å². The van der Waals surface area contributed by atoms with E-state index in [-0.39, 0.29) is 28.1 Å². The second-order valence-electron chi connectivity index (χ2n) is 4.29. The highest BCUT2D eigenvalue weighted by atomic mass is 35.5. The normalized spacial score (nSPS) is 20.0. The molecule has 1 aromatic rings. The van der Waals surface area contributed by atoms with Gasteiger partial charge in [-0.05, 0) is 25.0 Å². The third-order valence-corrected chi connectivity index (χ3v) is 3.53. The van der Waals surface area contributed by atoms with Crippen molar-refractivity contribution in [2.24, 2.45) is 0 Å². The minimum atomic E-state index is -0.679. The van der Waals surface area contributed by atoms with E-state index in [1.165, 1.54) is 11.0 Å². The van der Waals surface area contributed by atoms with Crippen molar-refractivity contribution in [3.05, 3.63) is 33.6 Å². The number of benzene rings is 1. The number of β-amino-alcohol motifs (C(OH)–C–C–N with tert-alkyl or cyclic N) is 1. The number of hydrogen-bond donors (Lipinski definition) is 1. The minimum Gasteiger partial charge on any atom is -0.391 e. The van der Waals surface area contributed by atoms with E-state index in [1.807, 2.05) is 0 Å². The van der Waals surface area contributed by atoms with E-state index in [1.54, 1.807) is 0 Å². The summed E-state index contributed by atoms with van der Waals surface area (Å²) in [6, 6.07) is 2.25. The molecule has 1 fully saturated rings. The van der Waals surface area contributed by atoms with Crippen LogP contribution >= 0.6 is 23.2 Å². The number of nitrogens with zero attached hydrogens (tertiary/aromatic N) is 1. The van der Waals surface area contributed by atoms with Gasteiger partial charge in [0.25, 0.3) is 5.91 Å². The molecule has 0 aliphatic carbocycles. The average Bonchev–Trinajstić information content (AvgIpc) is 2.33. The molecule has 1 aromatic carbocycles. The van der Waals surface area contributed by atoms with Crippen molar-refractivity contribution in [2.45, 2.75) is 18.9 Å². The minimum absolute atomic E-state index is 0.0765. The van der Waals surface area contributed by atoms with Crippen molar-refractivity contribution >= 4 is 29.1 Å². The Morgan fingerprint density at radius 3 is 2.78 bits per heavy atom. The first-order valence-corrected chi connectivity index (χ1v) is 6.36. The van der Waals surface area contributed by atoms with Gasteiger partial charge < -0.3 is 10.0 Å². The summed E-state index contributed by atoms with van der Waals surface area (Å²) in [5.41, 5.74) is 0.0765. The summed E-state index contributed by atoms with van der Waals surface area (Å²) >= 11 is 11.5. The largest absolute Gasteiger partial charge is 0.391 e. The summed E-state index contributed by atoms with van der Waals surface area (Å²) in [6.45, 7) is 0.788. The van der Waals surface area contributed by atoms with Gasteiger partial charge in [0.05, 0.1) is 21.7 Å². The number of likely N-dealkylation sites (tertiary alicyclic amines) is 1. The van der Waals surface area contributed by atoms with Gasteiger partial charge in [0.15, 0.2) is 0 Å². The maximum atomic E-state index is 13.4. The average molecular weight is 292 g/mol. The predicted molar refractivity (Wildman–Crippen MR) is 67.6 cm³/mol. The second-order valence-corrected chi connectivity index (χ2v) is 5.11. The fourth-order valence-electron chi connectivity index (χ4n) is 2.00. The molecule has 2 rings (SSSR count). The molecule has 0 saturated carbocycles. The van der Waals surface area contributed by atoms with Crippen LogP contribution in [0.15, 0.2) is 12.1 Å². The van der Waals surface area contributed by atoms with Crippen molar-refractivity contribution < 1.29 is 14.3 Å². The van der Waals surface area contributed by atoms with Crippen LogP contribution < -0.4 is 0 Å². The maximum absolute atomic E-state index is 13.4. The highest BCUT2D eigenvalue weighted by Crippen LogP contribution is 2.26. The molecule has 1 unspecified atom stereocenters. The van der Waals surface area contributed by atoms with Gasteiger partial charge >= 0.3 is 0 Å². The van der Waals surface area contributed by atoms with Crippen molar-refractivity contribution in [1.29, 1.82) is 0 Å². The first-order valence-electron chi connectivity index (χ1n) is 5.61. The van der Waals surface area contributed by atoms with Gasteiger partial charge in [0, 0.05) is 13.1 Å². The van der Waals surface area contributed by atoms with E-state index in [2.05, 4.69) is 0 Å². The molecule has 1 aliphatic rings. The summed E-state index contributed by atoms with van der Waals surface area (Å²) in [5, 5.41) is 9.52. The predicted octanol–water partition coefficient (Wildman–Crippen LogP) is 2.73. The quantitative estimate of drug-likeness (QED) is 0.809. The van der Waals surface area contributed by atoms with Crippen molar-refractivity contribution in [1.82, 2.24) is 4.90 Å². The van der Waals surface area contributed by atoms with Crippen LogP contribution in [0.3, 0.4) is 0 Å². The summed E-state index contributed by atoms with van der Waals surface area (Å²) in [4.78, 5) is 13.6. The molecular weight excluding hydrogens is 280 g/mol. The monoisotopic (exact) mass is 291 g/mol. The van der Waals surface area contributed by atoms with E-state index < -0.39 is 11.9 Å². The SMILES string of the molecule is O=C(c1cc(F)c(Cl)cc1Cl)N1CCCC(O)C1. The number of aliphatic hydroxyl groups excluding tert-OH is 1. The molecule has 0 aromatic heterocycles. The Morgan fingerprint density at radius 2 is 2.11 bits per heavy atom. The Labute approximate surface area is 114 Å². The van der Waals surface area contributed by atoms with Gasteiger partial charge in [-0.3, -0.25) is 4.79 Å². The van der Waals surface area contributed by atoms with Crippen molar-refractivity contribution in [3.8, 4) is 0 Å². The summed E-state index contributed by atoms with van der Waals surface area (Å²) in [7, 11) is 0. The first-order chi connectivity index (χ1) is 8.49. The number of aliphatic hydroxyl groups is 1. The molecule has 0 bridgehead atoms. The molecule has 98 valence electrons. The number of carbonyl (C=O) groups is 1. The number of rotatable bonds is 1. The van der Waals surface area contributed by atoms with Gasteiger partial charge in [-0.2, -0.15) is 0 Å². The van der Waals surface area contributed by atoms with E-state index in [0.29, 0.717) is 13.0 Å². The lowest BCUT2D eigenvalue weighted by atomic mass is 10.1. The van der Waals surface area contributed by atoms with Crippen LogP contribution in [0.5, 0.6) is 0 Å². The van der Waals surface area contributed by atoms with E-state index >= 15 is 0 Å². The zero-order chi connectivity index (χ0) is 13.3. The van der Waals surface area contributed by atoms with E-state index in [4.69, 9.17) is 23.2 Å². The Balaban J connectivity index is 2.25. The smallest absolute Gasteiger partial charge is 0.255 e. The topological polar surface area (TPSA) is 40.5 Å². The second kappa shape index (κ2) is 5.43.